The molecule has 18 heteroatoms. The number of H-pyrrole nitrogens is 1. The third kappa shape index (κ3) is 6.31. The molecule has 65 heavy (non-hydrogen) atoms. The van der Waals surface area contributed by atoms with Gasteiger partial charge in [0.05, 0.1) is 46.7 Å². The number of imidazole rings is 1. The van der Waals surface area contributed by atoms with E-state index in [1.54, 1.807) is 65.6 Å². The molecule has 0 spiro atoms. The summed E-state index contributed by atoms with van der Waals surface area (Å²) >= 11 is 0. The van der Waals surface area contributed by atoms with Crippen LogP contribution in [0.4, 0.5) is 14.6 Å². The second-order valence-electron chi connectivity index (χ2n) is 18.4. The van der Waals surface area contributed by atoms with Gasteiger partial charge >= 0.3 is 11.4 Å². The lowest BCUT2D eigenvalue weighted by Gasteiger charge is -2.36. The third-order valence-corrected chi connectivity index (χ3v) is 13.7. The molecular weight excluding hydrogens is 837 g/mol. The molecule has 7 aromatic rings. The van der Waals surface area contributed by atoms with Crippen LogP contribution in [0.3, 0.4) is 0 Å². The van der Waals surface area contributed by atoms with Gasteiger partial charge in [-0.3, -0.25) is 32.8 Å². The van der Waals surface area contributed by atoms with Gasteiger partial charge in [-0.25, -0.2) is 18.4 Å². The van der Waals surface area contributed by atoms with E-state index >= 15 is 13.6 Å². The number of carbonyl (C=O) groups is 1. The van der Waals surface area contributed by atoms with Crippen molar-refractivity contribution < 1.29 is 22.8 Å². The molecule has 2 N–H and O–H groups in total. The number of anilines is 1. The van der Waals surface area contributed by atoms with E-state index in [4.69, 9.17) is 14.4 Å². The zero-order valence-corrected chi connectivity index (χ0v) is 36.8. The van der Waals surface area contributed by atoms with Crippen LogP contribution < -0.4 is 16.8 Å². The van der Waals surface area contributed by atoms with Gasteiger partial charge in [0.25, 0.3) is 5.91 Å². The number of nitrogens with one attached hydrogen (secondary N) is 2. The highest BCUT2D eigenvalue weighted by molar-refractivity contribution is 5.96. The van der Waals surface area contributed by atoms with Crippen LogP contribution in [0.2, 0.25) is 0 Å². The quantitative estimate of drug-likeness (QED) is 0.171. The first-order valence-corrected chi connectivity index (χ1v) is 21.9. The summed E-state index contributed by atoms with van der Waals surface area (Å²) in [7, 11) is 1.72. The topological polar surface area (TPSA) is 168 Å². The zero-order valence-electron chi connectivity index (χ0n) is 36.8. The Kier molecular flexibility index (Phi) is 9.05. The number of hydrogen-bond acceptors (Lipinski definition) is 9. The number of fused-ring (bicyclic) bond motifs is 3. The summed E-state index contributed by atoms with van der Waals surface area (Å²) in [5.74, 6) is -0.698. The molecular formula is C47H47F2N11O5. The van der Waals surface area contributed by atoms with Crippen LogP contribution in [0.15, 0.2) is 80.9 Å². The summed E-state index contributed by atoms with van der Waals surface area (Å²) in [5.41, 5.74) is 3.92. The number of halogens is 2. The van der Waals surface area contributed by atoms with Crippen LogP contribution in [-0.4, -0.2) is 73.0 Å². The molecule has 2 aromatic carbocycles. The summed E-state index contributed by atoms with van der Waals surface area (Å²) < 4.78 is 50.3. The van der Waals surface area contributed by atoms with E-state index < -0.39 is 28.8 Å². The SMILES string of the molecule is Cc1cc(-c2nn3c(c2-n2ccn(-c4ccc5c(cnn5C)c4F)c2=O)[C@@H](C)N(C(=O)c2cc4c(n2C2(c5noc(=O)[nH]5)CC2)NC=CC([C@@H]2CCOC(C)(C)C2)=C4)CC3)cc(C)c1F. The van der Waals surface area contributed by atoms with E-state index in [-0.39, 0.29) is 47.4 Å². The van der Waals surface area contributed by atoms with E-state index in [0.717, 1.165) is 24.0 Å². The van der Waals surface area contributed by atoms with Gasteiger partial charge in [0, 0.05) is 49.9 Å². The molecule has 0 bridgehead atoms. The Morgan fingerprint density at radius 1 is 1.00 bits per heavy atom. The lowest BCUT2D eigenvalue weighted by Crippen LogP contribution is -2.43. The minimum absolute atomic E-state index is 0.0411. The monoisotopic (exact) mass is 883 g/mol. The highest BCUT2D eigenvalue weighted by atomic mass is 19.1. The van der Waals surface area contributed by atoms with Crippen molar-refractivity contribution in [1.29, 1.82) is 0 Å². The molecule has 8 heterocycles. The number of benzene rings is 2. The first kappa shape index (κ1) is 40.7. The Hall–Kier alpha value is -7.08. The second-order valence-corrected chi connectivity index (χ2v) is 18.4. The largest absolute Gasteiger partial charge is 0.438 e. The molecule has 1 amide bonds. The van der Waals surface area contributed by atoms with Crippen LogP contribution >= 0.6 is 0 Å². The van der Waals surface area contributed by atoms with Crippen molar-refractivity contribution in [2.75, 3.05) is 18.5 Å². The maximum atomic E-state index is 16.1. The van der Waals surface area contributed by atoms with Crippen LogP contribution in [-0.2, 0) is 23.9 Å². The molecule has 1 saturated heterocycles. The van der Waals surface area contributed by atoms with Gasteiger partial charge in [-0.15, -0.1) is 0 Å². The molecule has 5 aromatic heterocycles. The van der Waals surface area contributed by atoms with E-state index in [9.17, 15) is 9.59 Å². The molecule has 334 valence electrons. The highest BCUT2D eigenvalue weighted by Crippen LogP contribution is 2.52. The predicted octanol–water partition coefficient (Wildman–Crippen LogP) is 7.03. The van der Waals surface area contributed by atoms with E-state index in [0.29, 0.717) is 76.1 Å². The number of aromatic amines is 1. The van der Waals surface area contributed by atoms with Crippen LogP contribution in [0.5, 0.6) is 0 Å². The Bertz CT molecular complexity index is 3290. The zero-order chi connectivity index (χ0) is 45.3. The molecule has 0 unspecified atom stereocenters. The van der Waals surface area contributed by atoms with Crippen molar-refractivity contribution in [1.82, 2.24) is 48.3 Å². The van der Waals surface area contributed by atoms with E-state index in [1.165, 1.54) is 21.5 Å². The molecule has 0 radical (unpaired) electrons. The van der Waals surface area contributed by atoms with E-state index in [2.05, 4.69) is 46.6 Å². The molecule has 2 atom stereocenters. The van der Waals surface area contributed by atoms with E-state index in [1.807, 2.05) is 23.8 Å². The summed E-state index contributed by atoms with van der Waals surface area (Å²) in [6.45, 7) is 10.6. The maximum absolute atomic E-state index is 16.1. The number of hydrogen-bond donors (Lipinski definition) is 2. The normalized spacial score (nSPS) is 19.8. The Balaban J connectivity index is 1.05. The number of rotatable bonds is 7. The molecule has 2 fully saturated rings. The van der Waals surface area contributed by atoms with Crippen LogP contribution in [0.1, 0.15) is 91.2 Å². The number of aryl methyl sites for hydroxylation is 3. The average molecular weight is 884 g/mol. The predicted molar refractivity (Wildman–Crippen MR) is 237 cm³/mol. The fourth-order valence-electron chi connectivity index (χ4n) is 10.4. The van der Waals surface area contributed by atoms with Gasteiger partial charge < -0.3 is 19.5 Å². The lowest BCUT2D eigenvalue weighted by molar-refractivity contribution is -0.0656. The van der Waals surface area contributed by atoms with Crippen molar-refractivity contribution in [3.63, 3.8) is 0 Å². The number of nitrogens with zero attached hydrogens (tertiary/aromatic N) is 9. The van der Waals surface area contributed by atoms with Gasteiger partial charge in [-0.1, -0.05) is 5.16 Å². The Labute approximate surface area is 370 Å². The Morgan fingerprint density at radius 3 is 2.49 bits per heavy atom. The van der Waals surface area contributed by atoms with Crippen molar-refractivity contribution >= 4 is 28.7 Å². The lowest BCUT2D eigenvalue weighted by atomic mass is 9.82. The maximum Gasteiger partial charge on any atom is 0.438 e. The number of carbonyl (C=O) groups excluding carboxylic acids is 1. The van der Waals surface area contributed by atoms with Crippen molar-refractivity contribution in [3.05, 3.63) is 133 Å². The van der Waals surface area contributed by atoms with Crippen molar-refractivity contribution in [3.8, 4) is 22.6 Å². The minimum Gasteiger partial charge on any atom is -0.376 e. The number of allylic oxidation sites excluding steroid dienone is 2. The summed E-state index contributed by atoms with van der Waals surface area (Å²) in [4.78, 5) is 47.1. The molecule has 1 aliphatic carbocycles. The van der Waals surface area contributed by atoms with Crippen LogP contribution in [0, 0.1) is 31.4 Å². The van der Waals surface area contributed by atoms with Gasteiger partial charge in [0.1, 0.15) is 34.2 Å². The van der Waals surface area contributed by atoms with Crippen LogP contribution in [0.25, 0.3) is 39.6 Å². The van der Waals surface area contributed by atoms with Gasteiger partial charge in [-0.2, -0.15) is 10.2 Å². The minimum atomic E-state index is -0.869. The fraction of sp³-hybridized carbons (Fsp3) is 0.362. The molecule has 16 nitrogen and oxygen atoms in total. The molecule has 1 saturated carbocycles. The highest BCUT2D eigenvalue weighted by Gasteiger charge is 2.53. The van der Waals surface area contributed by atoms with Crippen molar-refractivity contribution in [2.24, 2.45) is 13.0 Å². The standard InChI is InChI=1S/C47H47F2N11O5/c1-25-19-30(20-26(2)36(25)48)38-40(58-15-14-57(45(58)63)34-8-7-33-32(37(34)49)24-51-55(33)6)39-27(3)56(16-17-59(39)53-38)42(61)35-22-31-21-28(29-10-18-64-46(4,5)23-29)9-13-50-41(31)60(35)47(11-12-47)43-52-44(62)65-54-43/h7-9,13-15,19-22,24,27,29,50H,10-12,16-18,23H2,1-6H3,(H,52,54,62)/t27-,29-/m1/s1. The molecule has 4 aliphatic rings. The first-order valence-electron chi connectivity index (χ1n) is 21.9. The smallest absolute Gasteiger partial charge is 0.376 e. The molecule has 11 rings (SSSR count). The number of aromatic nitrogens is 9. The molecule has 3 aliphatic heterocycles. The van der Waals surface area contributed by atoms with Crippen molar-refractivity contribution in [2.45, 2.75) is 84.0 Å². The Morgan fingerprint density at radius 2 is 1.77 bits per heavy atom. The summed E-state index contributed by atoms with van der Waals surface area (Å²) in [6, 6.07) is 7.87. The van der Waals surface area contributed by atoms with Gasteiger partial charge in [-0.05, 0) is 125 Å². The summed E-state index contributed by atoms with van der Waals surface area (Å²) in [6.07, 6.45) is 13.5. The van der Waals surface area contributed by atoms with Gasteiger partial charge in [0.15, 0.2) is 11.6 Å². The summed E-state index contributed by atoms with van der Waals surface area (Å²) in [5, 5.41) is 17.1. The second kappa shape index (κ2) is 14.5. The van der Waals surface area contributed by atoms with Gasteiger partial charge in [0.2, 0.25) is 0 Å². The average Bonchev–Trinajstić information content (AvgIpc) is 3.62. The number of ether oxygens (including phenoxy) is 1. The first-order chi connectivity index (χ1) is 31.1. The fourth-order valence-corrected chi connectivity index (χ4v) is 10.4. The third-order valence-electron chi connectivity index (χ3n) is 13.7. The number of amides is 1.